The second-order valence-corrected chi connectivity index (χ2v) is 6.46. The monoisotopic (exact) mass is 339 g/mol. The van der Waals surface area contributed by atoms with Crippen LogP contribution in [0.5, 0.6) is 0 Å². The average Bonchev–Trinajstić information content (AvgIpc) is 2.78. The van der Waals surface area contributed by atoms with Crippen LogP contribution in [0.4, 0.5) is 0 Å². The van der Waals surface area contributed by atoms with Crippen molar-refractivity contribution in [2.75, 3.05) is 39.5 Å². The molecule has 0 aromatic carbocycles. The van der Waals surface area contributed by atoms with Gasteiger partial charge in [0.25, 0.3) is 10.0 Å². The lowest BCUT2D eigenvalue weighted by Crippen LogP contribution is -2.37. The highest BCUT2D eigenvalue weighted by atomic mass is 35.5. The fraction of sp³-hybridized carbons (Fsp3) is 0.750. The van der Waals surface area contributed by atoms with E-state index in [1.807, 2.05) is 13.8 Å². The molecule has 0 aliphatic carbocycles. The van der Waals surface area contributed by atoms with E-state index in [-0.39, 0.29) is 23.3 Å². The summed E-state index contributed by atoms with van der Waals surface area (Å²) in [5.74, 6) is 0. The third kappa shape index (κ3) is 4.93. The van der Waals surface area contributed by atoms with Crippen molar-refractivity contribution in [1.29, 1.82) is 0 Å². The van der Waals surface area contributed by atoms with Crippen molar-refractivity contribution in [2.24, 2.45) is 7.05 Å². The Morgan fingerprint density at radius 3 is 2.14 bits per heavy atom. The number of aryl methyl sites for hydroxylation is 1. The van der Waals surface area contributed by atoms with Gasteiger partial charge in [0.2, 0.25) is 5.03 Å². The van der Waals surface area contributed by atoms with Gasteiger partial charge in [0, 0.05) is 33.4 Å². The highest BCUT2D eigenvalue weighted by molar-refractivity contribution is 7.89. The van der Waals surface area contributed by atoms with Crippen LogP contribution in [0.3, 0.4) is 0 Å². The van der Waals surface area contributed by atoms with Crippen LogP contribution in [-0.2, 0) is 26.5 Å². The maximum atomic E-state index is 12.6. The first kappa shape index (κ1) is 18.4. The number of ether oxygens (including phenoxy) is 2. The second kappa shape index (κ2) is 8.70. The van der Waals surface area contributed by atoms with E-state index < -0.39 is 10.0 Å². The molecule has 9 heteroatoms. The molecule has 0 saturated heterocycles. The molecular weight excluding hydrogens is 318 g/mol. The molecule has 0 spiro atoms. The molecule has 1 aromatic heterocycles. The van der Waals surface area contributed by atoms with Gasteiger partial charge < -0.3 is 14.0 Å². The predicted octanol–water partition coefficient (Wildman–Crippen LogP) is 1.14. The van der Waals surface area contributed by atoms with Gasteiger partial charge in [-0.05, 0) is 13.8 Å². The summed E-state index contributed by atoms with van der Waals surface area (Å²) >= 11 is 5.99. The SMILES string of the molecule is CCOCCN(CCOCC)S(=O)(=O)c1ncn(C)c1Cl. The van der Waals surface area contributed by atoms with Gasteiger partial charge in [-0.25, -0.2) is 13.4 Å². The Bertz CT molecular complexity index is 523. The fourth-order valence-corrected chi connectivity index (χ4v) is 3.46. The molecule has 0 bridgehead atoms. The smallest absolute Gasteiger partial charge is 0.263 e. The van der Waals surface area contributed by atoms with Crippen molar-refractivity contribution < 1.29 is 17.9 Å². The maximum absolute atomic E-state index is 12.6. The van der Waals surface area contributed by atoms with Crippen molar-refractivity contribution in [3.63, 3.8) is 0 Å². The number of sulfonamides is 1. The summed E-state index contributed by atoms with van der Waals surface area (Å²) in [6.07, 6.45) is 1.37. The van der Waals surface area contributed by atoms with Crippen LogP contribution in [0, 0.1) is 0 Å². The molecule has 0 atom stereocenters. The molecule has 0 fully saturated rings. The molecule has 0 saturated carbocycles. The zero-order valence-electron chi connectivity index (χ0n) is 12.6. The molecule has 0 radical (unpaired) electrons. The van der Waals surface area contributed by atoms with E-state index in [0.717, 1.165) is 0 Å². The van der Waals surface area contributed by atoms with Crippen LogP contribution in [0.1, 0.15) is 13.8 Å². The van der Waals surface area contributed by atoms with Crippen molar-refractivity contribution in [3.8, 4) is 0 Å². The molecule has 0 N–H and O–H groups in total. The van der Waals surface area contributed by atoms with Gasteiger partial charge >= 0.3 is 0 Å². The van der Waals surface area contributed by atoms with E-state index in [1.165, 1.54) is 15.2 Å². The van der Waals surface area contributed by atoms with Gasteiger partial charge in [-0.15, -0.1) is 0 Å². The molecular formula is C12H22ClN3O4S. The minimum absolute atomic E-state index is 0.0906. The highest BCUT2D eigenvalue weighted by Gasteiger charge is 2.29. The lowest BCUT2D eigenvalue weighted by Gasteiger charge is -2.21. The minimum atomic E-state index is -3.76. The first-order valence-corrected chi connectivity index (χ1v) is 8.59. The van der Waals surface area contributed by atoms with Crippen LogP contribution in [0.25, 0.3) is 0 Å². The highest BCUT2D eigenvalue weighted by Crippen LogP contribution is 2.22. The van der Waals surface area contributed by atoms with Gasteiger partial charge in [-0.3, -0.25) is 0 Å². The minimum Gasteiger partial charge on any atom is -0.380 e. The van der Waals surface area contributed by atoms with Gasteiger partial charge in [-0.2, -0.15) is 4.31 Å². The molecule has 0 amide bonds. The van der Waals surface area contributed by atoms with Crippen molar-refractivity contribution in [1.82, 2.24) is 13.9 Å². The number of aromatic nitrogens is 2. The summed E-state index contributed by atoms with van der Waals surface area (Å²) in [7, 11) is -2.12. The molecule has 122 valence electrons. The van der Waals surface area contributed by atoms with Crippen LogP contribution in [-0.4, -0.2) is 61.8 Å². The van der Waals surface area contributed by atoms with E-state index in [2.05, 4.69) is 4.98 Å². The molecule has 0 unspecified atom stereocenters. The third-order valence-electron chi connectivity index (χ3n) is 2.80. The molecule has 1 rings (SSSR count). The number of halogens is 1. The number of imidazole rings is 1. The van der Waals surface area contributed by atoms with Crippen molar-refractivity contribution >= 4 is 21.6 Å². The van der Waals surface area contributed by atoms with Crippen LogP contribution in [0.2, 0.25) is 5.15 Å². The van der Waals surface area contributed by atoms with Crippen molar-refractivity contribution in [3.05, 3.63) is 11.5 Å². The van der Waals surface area contributed by atoms with E-state index in [1.54, 1.807) is 7.05 Å². The zero-order valence-corrected chi connectivity index (χ0v) is 14.2. The van der Waals surface area contributed by atoms with E-state index in [9.17, 15) is 8.42 Å². The van der Waals surface area contributed by atoms with Gasteiger partial charge in [0.05, 0.1) is 19.5 Å². The van der Waals surface area contributed by atoms with Crippen LogP contribution in [0.15, 0.2) is 11.4 Å². The van der Waals surface area contributed by atoms with Gasteiger partial charge in [-0.1, -0.05) is 11.6 Å². The molecule has 1 aromatic rings. The molecule has 21 heavy (non-hydrogen) atoms. The van der Waals surface area contributed by atoms with E-state index in [0.29, 0.717) is 26.4 Å². The summed E-state index contributed by atoms with van der Waals surface area (Å²) in [5, 5.41) is -0.0486. The quantitative estimate of drug-likeness (QED) is 0.598. The maximum Gasteiger partial charge on any atom is 0.263 e. The van der Waals surface area contributed by atoms with Gasteiger partial charge in [0.1, 0.15) is 5.15 Å². The topological polar surface area (TPSA) is 73.7 Å². The van der Waals surface area contributed by atoms with Crippen molar-refractivity contribution in [2.45, 2.75) is 18.9 Å². The Balaban J connectivity index is 2.90. The molecule has 7 nitrogen and oxygen atoms in total. The second-order valence-electron chi connectivity index (χ2n) is 4.25. The number of nitrogens with zero attached hydrogens (tertiary/aromatic N) is 3. The normalized spacial score (nSPS) is 12.2. The first-order chi connectivity index (χ1) is 9.95. The summed E-state index contributed by atoms with van der Waals surface area (Å²) < 4.78 is 38.4. The summed E-state index contributed by atoms with van der Waals surface area (Å²) in [4.78, 5) is 3.88. The Hall–Kier alpha value is -0.670. The van der Waals surface area contributed by atoms with Crippen LogP contribution >= 0.6 is 11.6 Å². The average molecular weight is 340 g/mol. The largest absolute Gasteiger partial charge is 0.380 e. The Morgan fingerprint density at radius 2 is 1.76 bits per heavy atom. The lowest BCUT2D eigenvalue weighted by atomic mass is 10.6. The summed E-state index contributed by atoms with van der Waals surface area (Å²) in [5.41, 5.74) is 0. The lowest BCUT2D eigenvalue weighted by molar-refractivity contribution is 0.110. The molecule has 0 aliphatic rings. The standard InChI is InChI=1S/C12H22ClN3O4S/c1-4-19-8-6-16(7-9-20-5-2)21(17,18)12-11(13)15(3)10-14-12/h10H,4-9H2,1-3H3. The fourth-order valence-electron chi connectivity index (χ4n) is 1.66. The Labute approximate surface area is 130 Å². The van der Waals surface area contributed by atoms with E-state index >= 15 is 0 Å². The summed E-state index contributed by atoms with van der Waals surface area (Å²) in [6.45, 7) is 5.86. The van der Waals surface area contributed by atoms with Crippen LogP contribution < -0.4 is 0 Å². The molecule has 1 heterocycles. The summed E-state index contributed by atoms with van der Waals surface area (Å²) in [6, 6.07) is 0. The molecule has 0 aliphatic heterocycles. The Kier molecular flexibility index (Phi) is 7.61. The Morgan fingerprint density at radius 1 is 1.24 bits per heavy atom. The third-order valence-corrected chi connectivity index (χ3v) is 5.19. The number of hydrogen-bond donors (Lipinski definition) is 0. The van der Waals surface area contributed by atoms with Gasteiger partial charge in [0.15, 0.2) is 0 Å². The predicted molar refractivity (Wildman–Crippen MR) is 80.0 cm³/mol. The number of rotatable bonds is 10. The zero-order chi connectivity index (χ0) is 15.9. The van der Waals surface area contributed by atoms with E-state index in [4.69, 9.17) is 21.1 Å². The first-order valence-electron chi connectivity index (χ1n) is 6.77. The number of hydrogen-bond acceptors (Lipinski definition) is 5.